The Bertz CT molecular complexity index is 555. The van der Waals surface area contributed by atoms with Crippen LogP contribution in [0.15, 0.2) is 29.0 Å². The molecule has 1 aromatic carbocycles. The Morgan fingerprint density at radius 1 is 1.47 bits per heavy atom. The van der Waals surface area contributed by atoms with Gasteiger partial charge >= 0.3 is 0 Å². The van der Waals surface area contributed by atoms with Gasteiger partial charge in [-0.05, 0) is 40.2 Å². The molecule has 0 amide bonds. The second-order valence-corrected chi connectivity index (χ2v) is 5.55. The maximum absolute atomic E-state index is 6.16. The summed E-state index contributed by atoms with van der Waals surface area (Å²) in [5.74, 6) is 0.949. The maximum Gasteiger partial charge on any atom is 0.138 e. The molecule has 0 saturated carbocycles. The van der Waals surface area contributed by atoms with Crippen molar-refractivity contribution in [1.29, 1.82) is 0 Å². The molecule has 1 unspecified atom stereocenters. The molecular formula is C13H16BrClN4. The van der Waals surface area contributed by atoms with Crippen molar-refractivity contribution in [2.24, 2.45) is 7.05 Å². The number of rotatable bonds is 5. The van der Waals surface area contributed by atoms with E-state index in [1.165, 1.54) is 0 Å². The highest BCUT2D eigenvalue weighted by Crippen LogP contribution is 2.27. The van der Waals surface area contributed by atoms with Crippen LogP contribution in [0.25, 0.3) is 0 Å². The third-order valence-electron chi connectivity index (χ3n) is 2.99. The van der Waals surface area contributed by atoms with Crippen LogP contribution in [-0.4, -0.2) is 21.3 Å². The van der Waals surface area contributed by atoms with Crippen LogP contribution in [0.2, 0.25) is 5.02 Å². The van der Waals surface area contributed by atoms with E-state index < -0.39 is 0 Å². The molecule has 102 valence electrons. The zero-order valence-corrected chi connectivity index (χ0v) is 13.2. The van der Waals surface area contributed by atoms with Gasteiger partial charge in [0.2, 0.25) is 0 Å². The van der Waals surface area contributed by atoms with Gasteiger partial charge in [-0.15, -0.1) is 0 Å². The van der Waals surface area contributed by atoms with E-state index >= 15 is 0 Å². The number of nitrogens with one attached hydrogen (secondary N) is 1. The van der Waals surface area contributed by atoms with Gasteiger partial charge in [0.15, 0.2) is 0 Å². The summed E-state index contributed by atoms with van der Waals surface area (Å²) in [7, 11) is 1.90. The number of halogens is 2. The monoisotopic (exact) mass is 342 g/mol. The Morgan fingerprint density at radius 3 is 2.84 bits per heavy atom. The van der Waals surface area contributed by atoms with Gasteiger partial charge in [0.25, 0.3) is 0 Å². The molecular weight excluding hydrogens is 328 g/mol. The average Bonchev–Trinajstić information content (AvgIpc) is 2.78. The number of likely N-dealkylation sites (N-methyl/N-ethyl adjacent to an activating group) is 1. The largest absolute Gasteiger partial charge is 0.310 e. The molecule has 2 aromatic rings. The van der Waals surface area contributed by atoms with Crippen molar-refractivity contribution in [3.8, 4) is 0 Å². The van der Waals surface area contributed by atoms with Gasteiger partial charge < -0.3 is 5.32 Å². The van der Waals surface area contributed by atoms with E-state index in [9.17, 15) is 0 Å². The van der Waals surface area contributed by atoms with E-state index in [4.69, 9.17) is 11.6 Å². The molecule has 0 bridgehead atoms. The Morgan fingerprint density at radius 2 is 2.26 bits per heavy atom. The molecule has 4 nitrogen and oxygen atoms in total. The minimum absolute atomic E-state index is 0.179. The third kappa shape index (κ3) is 3.55. The Hall–Kier alpha value is -0.910. The zero-order chi connectivity index (χ0) is 13.8. The first kappa shape index (κ1) is 14.5. The van der Waals surface area contributed by atoms with Gasteiger partial charge in [-0.25, -0.2) is 4.98 Å². The van der Waals surface area contributed by atoms with Crippen molar-refractivity contribution in [3.05, 3.63) is 45.4 Å². The minimum atomic E-state index is 0.179. The predicted molar refractivity (Wildman–Crippen MR) is 80.3 cm³/mol. The summed E-state index contributed by atoms with van der Waals surface area (Å²) in [5.41, 5.74) is 1.15. The van der Waals surface area contributed by atoms with Crippen LogP contribution in [0, 0.1) is 0 Å². The molecule has 0 fully saturated rings. The number of hydrogen-bond donors (Lipinski definition) is 1. The number of aromatic nitrogens is 3. The summed E-state index contributed by atoms with van der Waals surface area (Å²) >= 11 is 9.57. The molecule has 1 atom stereocenters. The number of aryl methyl sites for hydroxylation is 1. The topological polar surface area (TPSA) is 42.7 Å². The highest BCUT2D eigenvalue weighted by atomic mass is 79.9. The molecule has 1 N–H and O–H groups in total. The summed E-state index contributed by atoms with van der Waals surface area (Å²) in [4.78, 5) is 4.27. The summed E-state index contributed by atoms with van der Waals surface area (Å²) in [6.45, 7) is 2.97. The van der Waals surface area contributed by atoms with E-state index in [0.717, 1.165) is 33.8 Å². The van der Waals surface area contributed by atoms with Crippen molar-refractivity contribution in [2.75, 3.05) is 6.54 Å². The van der Waals surface area contributed by atoms with Crippen molar-refractivity contribution in [1.82, 2.24) is 20.1 Å². The molecule has 1 aromatic heterocycles. The van der Waals surface area contributed by atoms with Crippen LogP contribution < -0.4 is 5.32 Å². The van der Waals surface area contributed by atoms with Crippen LogP contribution in [0.1, 0.15) is 24.4 Å². The van der Waals surface area contributed by atoms with E-state index in [-0.39, 0.29) is 6.04 Å². The smallest absolute Gasteiger partial charge is 0.138 e. The lowest BCUT2D eigenvalue weighted by molar-refractivity contribution is 0.522. The van der Waals surface area contributed by atoms with Gasteiger partial charge in [0.1, 0.15) is 12.2 Å². The molecule has 19 heavy (non-hydrogen) atoms. The van der Waals surface area contributed by atoms with Crippen molar-refractivity contribution < 1.29 is 0 Å². The second kappa shape index (κ2) is 6.50. The van der Waals surface area contributed by atoms with Crippen molar-refractivity contribution in [2.45, 2.75) is 19.4 Å². The predicted octanol–water partition coefficient (Wildman–Crippen LogP) is 3.12. The fraction of sp³-hybridized carbons (Fsp3) is 0.385. The number of nitrogens with zero attached hydrogens (tertiary/aromatic N) is 3. The molecule has 0 aliphatic heterocycles. The lowest BCUT2D eigenvalue weighted by Crippen LogP contribution is -2.24. The van der Waals surface area contributed by atoms with Crippen LogP contribution in [0.5, 0.6) is 0 Å². The van der Waals surface area contributed by atoms with Gasteiger partial charge in [-0.2, -0.15) is 5.10 Å². The Balaban J connectivity index is 2.24. The molecule has 0 aliphatic rings. The average molecular weight is 344 g/mol. The van der Waals surface area contributed by atoms with Crippen LogP contribution in [0.4, 0.5) is 0 Å². The van der Waals surface area contributed by atoms with Gasteiger partial charge in [0, 0.05) is 24.0 Å². The van der Waals surface area contributed by atoms with E-state index in [1.807, 2.05) is 19.2 Å². The minimum Gasteiger partial charge on any atom is -0.310 e. The maximum atomic E-state index is 6.16. The molecule has 6 heteroatoms. The van der Waals surface area contributed by atoms with Crippen LogP contribution in [-0.2, 0) is 13.5 Å². The third-order valence-corrected chi connectivity index (χ3v) is 4.22. The summed E-state index contributed by atoms with van der Waals surface area (Å²) < 4.78 is 2.71. The van der Waals surface area contributed by atoms with Crippen molar-refractivity contribution >= 4 is 27.5 Å². The molecule has 0 spiro atoms. The SMILES string of the molecule is CCNC(Cc1ncnn1C)c1ccc(Br)c(Cl)c1. The number of benzene rings is 1. The first-order valence-electron chi connectivity index (χ1n) is 6.13. The number of hydrogen-bond acceptors (Lipinski definition) is 3. The highest BCUT2D eigenvalue weighted by molar-refractivity contribution is 9.10. The first-order valence-corrected chi connectivity index (χ1v) is 7.30. The Labute approximate surface area is 126 Å². The highest BCUT2D eigenvalue weighted by Gasteiger charge is 2.15. The Kier molecular flexibility index (Phi) is 4.96. The van der Waals surface area contributed by atoms with E-state index in [2.05, 4.69) is 44.3 Å². The van der Waals surface area contributed by atoms with Gasteiger partial charge in [-0.3, -0.25) is 4.68 Å². The lowest BCUT2D eigenvalue weighted by atomic mass is 10.0. The quantitative estimate of drug-likeness (QED) is 0.907. The lowest BCUT2D eigenvalue weighted by Gasteiger charge is -2.18. The fourth-order valence-electron chi connectivity index (χ4n) is 1.97. The molecule has 0 aliphatic carbocycles. The molecule has 1 heterocycles. The summed E-state index contributed by atoms with van der Waals surface area (Å²) in [5, 5.41) is 8.28. The second-order valence-electron chi connectivity index (χ2n) is 4.29. The molecule has 2 rings (SSSR count). The van der Waals surface area contributed by atoms with E-state index in [0.29, 0.717) is 0 Å². The van der Waals surface area contributed by atoms with Gasteiger partial charge in [-0.1, -0.05) is 24.6 Å². The molecule has 0 radical (unpaired) electrons. The zero-order valence-electron chi connectivity index (χ0n) is 10.9. The summed E-state index contributed by atoms with van der Waals surface area (Å²) in [6, 6.07) is 6.20. The standard InChI is InChI=1S/C13H16BrClN4/c1-3-16-12(7-13-17-8-18-19(13)2)9-4-5-10(14)11(15)6-9/h4-6,8,12,16H,3,7H2,1-2H3. The van der Waals surface area contributed by atoms with E-state index in [1.54, 1.807) is 11.0 Å². The fourth-order valence-corrected chi connectivity index (χ4v) is 2.41. The summed E-state index contributed by atoms with van der Waals surface area (Å²) in [6.07, 6.45) is 2.36. The van der Waals surface area contributed by atoms with Crippen LogP contribution in [0.3, 0.4) is 0 Å². The first-order chi connectivity index (χ1) is 9.11. The molecule has 0 saturated heterocycles. The van der Waals surface area contributed by atoms with Crippen molar-refractivity contribution in [3.63, 3.8) is 0 Å². The normalized spacial score (nSPS) is 12.6. The van der Waals surface area contributed by atoms with Crippen LogP contribution >= 0.6 is 27.5 Å². The van der Waals surface area contributed by atoms with Gasteiger partial charge in [0.05, 0.1) is 5.02 Å².